The highest BCUT2D eigenvalue weighted by Gasteiger charge is 2.11. The van der Waals surface area contributed by atoms with Crippen molar-refractivity contribution in [3.8, 4) is 0 Å². The largest absolute Gasteiger partial charge is 0.356 e. The van der Waals surface area contributed by atoms with Gasteiger partial charge in [-0.05, 0) is 12.0 Å². The van der Waals surface area contributed by atoms with Gasteiger partial charge in [0.05, 0.1) is 0 Å². The first kappa shape index (κ1) is 16.2. The average molecular weight is 277 g/mol. The molecule has 1 aromatic rings. The Kier molecular flexibility index (Phi) is 7.35. The Morgan fingerprint density at radius 2 is 1.75 bits per heavy atom. The van der Waals surface area contributed by atoms with Crippen molar-refractivity contribution >= 4 is 11.8 Å². The minimum atomic E-state index is -0.315. The van der Waals surface area contributed by atoms with E-state index in [4.69, 9.17) is 5.73 Å². The van der Waals surface area contributed by atoms with Crippen LogP contribution >= 0.6 is 0 Å². The SMILES string of the molecule is CCCNC(=O)CCNC(=O)CC(N)c1ccccc1. The van der Waals surface area contributed by atoms with Crippen LogP contribution in [-0.2, 0) is 9.59 Å². The molecule has 0 aromatic heterocycles. The Morgan fingerprint density at radius 1 is 1.10 bits per heavy atom. The Morgan fingerprint density at radius 3 is 2.40 bits per heavy atom. The van der Waals surface area contributed by atoms with Gasteiger partial charge in [-0.15, -0.1) is 0 Å². The second-order valence-corrected chi connectivity index (χ2v) is 4.67. The van der Waals surface area contributed by atoms with E-state index in [2.05, 4.69) is 10.6 Å². The first-order chi connectivity index (χ1) is 9.63. The molecule has 0 aliphatic rings. The zero-order valence-corrected chi connectivity index (χ0v) is 11.9. The Balaban J connectivity index is 2.22. The van der Waals surface area contributed by atoms with Gasteiger partial charge in [-0.25, -0.2) is 0 Å². The Hall–Kier alpha value is -1.88. The lowest BCUT2D eigenvalue weighted by Gasteiger charge is -2.12. The number of amides is 2. The van der Waals surface area contributed by atoms with E-state index in [0.29, 0.717) is 19.5 Å². The van der Waals surface area contributed by atoms with Crippen LogP contribution in [0.15, 0.2) is 30.3 Å². The third-order valence-corrected chi connectivity index (χ3v) is 2.88. The van der Waals surface area contributed by atoms with E-state index in [1.807, 2.05) is 37.3 Å². The van der Waals surface area contributed by atoms with Gasteiger partial charge in [0.2, 0.25) is 11.8 Å². The van der Waals surface area contributed by atoms with E-state index >= 15 is 0 Å². The highest BCUT2D eigenvalue weighted by molar-refractivity contribution is 5.79. The first-order valence-electron chi connectivity index (χ1n) is 6.97. The maximum Gasteiger partial charge on any atom is 0.221 e. The molecule has 5 heteroatoms. The van der Waals surface area contributed by atoms with E-state index in [0.717, 1.165) is 12.0 Å². The Labute approximate surface area is 119 Å². The molecule has 20 heavy (non-hydrogen) atoms. The van der Waals surface area contributed by atoms with Crippen LogP contribution in [0.25, 0.3) is 0 Å². The molecule has 1 atom stereocenters. The summed E-state index contributed by atoms with van der Waals surface area (Å²) in [7, 11) is 0. The molecule has 0 aliphatic heterocycles. The van der Waals surface area contributed by atoms with Crippen molar-refractivity contribution in [2.75, 3.05) is 13.1 Å². The zero-order valence-electron chi connectivity index (χ0n) is 11.9. The predicted molar refractivity (Wildman–Crippen MR) is 78.9 cm³/mol. The van der Waals surface area contributed by atoms with E-state index in [1.54, 1.807) is 0 Å². The fourth-order valence-corrected chi connectivity index (χ4v) is 1.76. The van der Waals surface area contributed by atoms with E-state index < -0.39 is 0 Å². The van der Waals surface area contributed by atoms with Crippen LogP contribution in [0.3, 0.4) is 0 Å². The number of nitrogens with one attached hydrogen (secondary N) is 2. The van der Waals surface area contributed by atoms with Gasteiger partial charge < -0.3 is 16.4 Å². The molecule has 110 valence electrons. The summed E-state index contributed by atoms with van der Waals surface area (Å²) in [6.45, 7) is 3.01. The number of carbonyl (C=O) groups excluding carboxylic acids is 2. The fraction of sp³-hybridized carbons (Fsp3) is 0.467. The molecule has 0 fully saturated rings. The number of hydrogen-bond acceptors (Lipinski definition) is 3. The third kappa shape index (κ3) is 6.33. The second-order valence-electron chi connectivity index (χ2n) is 4.67. The monoisotopic (exact) mass is 277 g/mol. The molecule has 1 aromatic carbocycles. The summed E-state index contributed by atoms with van der Waals surface area (Å²) >= 11 is 0. The molecule has 0 bridgehead atoms. The van der Waals surface area contributed by atoms with Crippen molar-refractivity contribution in [1.82, 2.24) is 10.6 Å². The van der Waals surface area contributed by atoms with Gasteiger partial charge in [0, 0.05) is 32.0 Å². The molecule has 5 nitrogen and oxygen atoms in total. The number of nitrogens with two attached hydrogens (primary N) is 1. The van der Waals surface area contributed by atoms with Crippen LogP contribution in [0.2, 0.25) is 0 Å². The summed E-state index contributed by atoms with van der Waals surface area (Å²) in [5, 5.41) is 5.47. The molecule has 0 radical (unpaired) electrons. The molecule has 0 heterocycles. The second kappa shape index (κ2) is 9.09. The summed E-state index contributed by atoms with van der Waals surface area (Å²) in [5.74, 6) is -0.177. The van der Waals surface area contributed by atoms with Gasteiger partial charge in [0.1, 0.15) is 0 Å². The standard InChI is InChI=1S/C15H23N3O2/c1-2-9-17-14(19)8-10-18-15(20)11-13(16)12-6-4-3-5-7-12/h3-7,13H,2,8-11,16H2,1H3,(H,17,19)(H,18,20). The number of carbonyl (C=O) groups is 2. The normalized spacial score (nSPS) is 11.7. The van der Waals surface area contributed by atoms with Gasteiger partial charge >= 0.3 is 0 Å². The van der Waals surface area contributed by atoms with Crippen LogP contribution < -0.4 is 16.4 Å². The van der Waals surface area contributed by atoms with Gasteiger partial charge in [0.15, 0.2) is 0 Å². The molecule has 4 N–H and O–H groups in total. The molecule has 0 saturated heterocycles. The minimum absolute atomic E-state index is 0.0421. The minimum Gasteiger partial charge on any atom is -0.356 e. The molecule has 2 amide bonds. The lowest BCUT2D eigenvalue weighted by atomic mass is 10.0. The predicted octanol–water partition coefficient (Wildman–Crippen LogP) is 1.11. The molecular formula is C15H23N3O2. The maximum absolute atomic E-state index is 11.7. The summed E-state index contributed by atoms with van der Waals surface area (Å²) < 4.78 is 0. The molecular weight excluding hydrogens is 254 g/mol. The summed E-state index contributed by atoms with van der Waals surface area (Å²) in [6.07, 6.45) is 1.43. The first-order valence-corrected chi connectivity index (χ1v) is 6.97. The topological polar surface area (TPSA) is 84.2 Å². The van der Waals surface area contributed by atoms with Crippen molar-refractivity contribution in [1.29, 1.82) is 0 Å². The van der Waals surface area contributed by atoms with Gasteiger partial charge in [-0.2, -0.15) is 0 Å². The van der Waals surface area contributed by atoms with Crippen LogP contribution in [-0.4, -0.2) is 24.9 Å². The van der Waals surface area contributed by atoms with Crippen molar-refractivity contribution in [2.24, 2.45) is 5.73 Å². The number of hydrogen-bond donors (Lipinski definition) is 3. The van der Waals surface area contributed by atoms with Crippen LogP contribution in [0.1, 0.15) is 37.8 Å². The van der Waals surface area contributed by atoms with E-state index in [9.17, 15) is 9.59 Å². The Bertz CT molecular complexity index is 420. The van der Waals surface area contributed by atoms with Crippen molar-refractivity contribution in [3.63, 3.8) is 0 Å². The summed E-state index contributed by atoms with van der Waals surface area (Å²) in [4.78, 5) is 23.0. The van der Waals surface area contributed by atoms with Crippen molar-refractivity contribution in [3.05, 3.63) is 35.9 Å². The highest BCUT2D eigenvalue weighted by atomic mass is 16.2. The zero-order chi connectivity index (χ0) is 14.8. The lowest BCUT2D eigenvalue weighted by Crippen LogP contribution is -2.32. The summed E-state index contributed by atoms with van der Waals surface area (Å²) in [5.41, 5.74) is 6.89. The van der Waals surface area contributed by atoms with E-state index in [-0.39, 0.29) is 24.3 Å². The molecule has 0 aliphatic carbocycles. The number of rotatable bonds is 8. The van der Waals surface area contributed by atoms with Crippen LogP contribution in [0.5, 0.6) is 0 Å². The fourth-order valence-electron chi connectivity index (χ4n) is 1.76. The summed E-state index contributed by atoms with van der Waals surface area (Å²) in [6, 6.07) is 9.18. The van der Waals surface area contributed by atoms with Gasteiger partial charge in [-0.3, -0.25) is 9.59 Å². The highest BCUT2D eigenvalue weighted by Crippen LogP contribution is 2.12. The lowest BCUT2D eigenvalue weighted by molar-refractivity contribution is -0.122. The third-order valence-electron chi connectivity index (χ3n) is 2.88. The van der Waals surface area contributed by atoms with E-state index in [1.165, 1.54) is 0 Å². The van der Waals surface area contributed by atoms with Gasteiger partial charge in [0.25, 0.3) is 0 Å². The van der Waals surface area contributed by atoms with Crippen LogP contribution in [0.4, 0.5) is 0 Å². The van der Waals surface area contributed by atoms with Crippen molar-refractivity contribution < 1.29 is 9.59 Å². The molecule has 1 unspecified atom stereocenters. The molecule has 1 rings (SSSR count). The van der Waals surface area contributed by atoms with Crippen LogP contribution in [0, 0.1) is 0 Å². The maximum atomic E-state index is 11.7. The smallest absolute Gasteiger partial charge is 0.221 e. The quantitative estimate of drug-likeness (QED) is 0.665. The average Bonchev–Trinajstić information content (AvgIpc) is 2.46. The molecule has 0 saturated carbocycles. The molecule has 0 spiro atoms. The van der Waals surface area contributed by atoms with Crippen molar-refractivity contribution in [2.45, 2.75) is 32.2 Å². The number of benzene rings is 1. The van der Waals surface area contributed by atoms with Gasteiger partial charge in [-0.1, -0.05) is 37.3 Å².